The Morgan fingerprint density at radius 3 is 2.56 bits per heavy atom. The van der Waals surface area contributed by atoms with Crippen molar-refractivity contribution in [1.82, 2.24) is 0 Å². The Morgan fingerprint density at radius 1 is 1.44 bits per heavy atom. The predicted molar refractivity (Wildman–Crippen MR) is 50.7 cm³/mol. The maximum Gasteiger partial charge on any atom is 0.387 e. The van der Waals surface area contributed by atoms with Crippen molar-refractivity contribution in [2.45, 2.75) is 12.7 Å². The number of hydrogen-bond acceptors (Lipinski definition) is 3. The molecular formula is C9H7ClF2O4. The van der Waals surface area contributed by atoms with Gasteiger partial charge < -0.3 is 14.9 Å². The maximum absolute atomic E-state index is 12.0. The summed E-state index contributed by atoms with van der Waals surface area (Å²) in [4.78, 5) is 10.5. The standard InChI is InChI=1S/C9H7ClF2O4/c10-5-3-1-2-4(6(13)8(14)15)7(5)16-9(11)12/h1-3,6,9,13H,(H,14,15). The summed E-state index contributed by atoms with van der Waals surface area (Å²) in [6.07, 6.45) is -1.97. The van der Waals surface area contributed by atoms with Crippen LogP contribution in [-0.4, -0.2) is 22.8 Å². The van der Waals surface area contributed by atoms with Crippen LogP contribution in [0.25, 0.3) is 0 Å². The van der Waals surface area contributed by atoms with E-state index in [-0.39, 0.29) is 10.6 Å². The van der Waals surface area contributed by atoms with E-state index < -0.39 is 24.4 Å². The van der Waals surface area contributed by atoms with Crippen LogP contribution in [0.4, 0.5) is 8.78 Å². The summed E-state index contributed by atoms with van der Waals surface area (Å²) < 4.78 is 28.1. The minimum atomic E-state index is -3.15. The maximum atomic E-state index is 12.0. The van der Waals surface area contributed by atoms with Gasteiger partial charge in [0.15, 0.2) is 11.9 Å². The molecule has 0 spiro atoms. The van der Waals surface area contributed by atoms with E-state index in [9.17, 15) is 18.7 Å². The van der Waals surface area contributed by atoms with Crippen LogP contribution in [0.5, 0.6) is 5.75 Å². The number of aliphatic hydroxyl groups is 1. The van der Waals surface area contributed by atoms with Crippen molar-refractivity contribution in [2.24, 2.45) is 0 Å². The minimum absolute atomic E-state index is 0.196. The molecule has 1 atom stereocenters. The van der Waals surface area contributed by atoms with Crippen molar-refractivity contribution in [1.29, 1.82) is 0 Å². The normalized spacial score (nSPS) is 12.6. The second kappa shape index (κ2) is 5.09. The summed E-state index contributed by atoms with van der Waals surface area (Å²) in [6.45, 7) is -3.15. The van der Waals surface area contributed by atoms with E-state index in [1.54, 1.807) is 0 Å². The first kappa shape index (κ1) is 12.7. The number of aliphatic carboxylic acids is 1. The van der Waals surface area contributed by atoms with E-state index in [1.807, 2.05) is 0 Å². The van der Waals surface area contributed by atoms with Gasteiger partial charge in [0.05, 0.1) is 5.02 Å². The number of ether oxygens (including phenoxy) is 1. The molecule has 0 radical (unpaired) electrons. The SMILES string of the molecule is O=C(O)C(O)c1cccc(Cl)c1OC(F)F. The quantitative estimate of drug-likeness (QED) is 0.861. The number of halogens is 3. The van der Waals surface area contributed by atoms with Crippen LogP contribution in [0.3, 0.4) is 0 Å². The third-order valence-corrected chi connectivity index (χ3v) is 2.03. The number of rotatable bonds is 4. The van der Waals surface area contributed by atoms with Gasteiger partial charge in [0.25, 0.3) is 0 Å². The van der Waals surface area contributed by atoms with Gasteiger partial charge in [0.2, 0.25) is 0 Å². The molecule has 1 unspecified atom stereocenters. The smallest absolute Gasteiger partial charge is 0.387 e. The van der Waals surface area contributed by atoms with Crippen molar-refractivity contribution in [3.63, 3.8) is 0 Å². The number of carboxylic acid groups (broad SMARTS) is 1. The van der Waals surface area contributed by atoms with E-state index >= 15 is 0 Å². The minimum Gasteiger partial charge on any atom is -0.479 e. The van der Waals surface area contributed by atoms with E-state index in [0.717, 1.165) is 6.07 Å². The molecule has 0 saturated carbocycles. The van der Waals surface area contributed by atoms with Crippen LogP contribution in [0.15, 0.2) is 18.2 Å². The highest BCUT2D eigenvalue weighted by molar-refractivity contribution is 6.32. The van der Waals surface area contributed by atoms with Crippen LogP contribution in [0, 0.1) is 0 Å². The number of carboxylic acids is 1. The topological polar surface area (TPSA) is 66.8 Å². The number of carbonyl (C=O) groups is 1. The fourth-order valence-electron chi connectivity index (χ4n) is 1.09. The Bertz CT molecular complexity index is 397. The highest BCUT2D eigenvalue weighted by Crippen LogP contribution is 2.33. The molecule has 16 heavy (non-hydrogen) atoms. The molecule has 0 aliphatic rings. The fraction of sp³-hybridized carbons (Fsp3) is 0.222. The highest BCUT2D eigenvalue weighted by Gasteiger charge is 2.23. The van der Waals surface area contributed by atoms with Gasteiger partial charge in [-0.2, -0.15) is 8.78 Å². The summed E-state index contributed by atoms with van der Waals surface area (Å²) in [5.41, 5.74) is -0.319. The number of benzene rings is 1. The molecule has 0 aliphatic heterocycles. The van der Waals surface area contributed by atoms with E-state index in [2.05, 4.69) is 4.74 Å². The summed E-state index contributed by atoms with van der Waals surface area (Å²) in [5.74, 6) is -2.12. The lowest BCUT2D eigenvalue weighted by atomic mass is 10.1. The lowest BCUT2D eigenvalue weighted by Crippen LogP contribution is -2.14. The molecule has 7 heteroatoms. The predicted octanol–water partition coefficient (Wildman–Crippen LogP) is 2.06. The summed E-state index contributed by atoms with van der Waals surface area (Å²) >= 11 is 5.56. The summed E-state index contributed by atoms with van der Waals surface area (Å²) in [7, 11) is 0. The fourth-order valence-corrected chi connectivity index (χ4v) is 1.31. The van der Waals surface area contributed by atoms with Crippen LogP contribution in [0.2, 0.25) is 5.02 Å². The van der Waals surface area contributed by atoms with Crippen molar-refractivity contribution in [2.75, 3.05) is 0 Å². The molecule has 2 N–H and O–H groups in total. The van der Waals surface area contributed by atoms with Crippen molar-refractivity contribution in [3.8, 4) is 5.75 Å². The Labute approximate surface area is 94.0 Å². The molecular weight excluding hydrogens is 246 g/mol. The van der Waals surface area contributed by atoms with Gasteiger partial charge in [-0.25, -0.2) is 4.79 Å². The average Bonchev–Trinajstić information content (AvgIpc) is 2.19. The Hall–Kier alpha value is -1.40. The van der Waals surface area contributed by atoms with Crippen LogP contribution in [-0.2, 0) is 4.79 Å². The molecule has 0 aromatic heterocycles. The third-order valence-electron chi connectivity index (χ3n) is 1.73. The summed E-state index contributed by atoms with van der Waals surface area (Å²) in [5, 5.41) is 17.6. The van der Waals surface area contributed by atoms with E-state index in [4.69, 9.17) is 16.7 Å². The van der Waals surface area contributed by atoms with Crippen molar-refractivity contribution < 1.29 is 28.5 Å². The first-order valence-electron chi connectivity index (χ1n) is 4.07. The Morgan fingerprint density at radius 2 is 2.06 bits per heavy atom. The number of aliphatic hydroxyl groups excluding tert-OH is 1. The molecule has 0 amide bonds. The van der Waals surface area contributed by atoms with Gasteiger partial charge in [-0.3, -0.25) is 0 Å². The van der Waals surface area contributed by atoms with Gasteiger partial charge >= 0.3 is 12.6 Å². The molecule has 0 fully saturated rings. The van der Waals surface area contributed by atoms with Crippen LogP contribution >= 0.6 is 11.6 Å². The summed E-state index contributed by atoms with van der Waals surface area (Å²) in [6, 6.07) is 3.71. The second-order valence-corrected chi connectivity index (χ2v) is 3.18. The van der Waals surface area contributed by atoms with Gasteiger partial charge in [0, 0.05) is 5.56 Å². The second-order valence-electron chi connectivity index (χ2n) is 2.78. The highest BCUT2D eigenvalue weighted by atomic mass is 35.5. The monoisotopic (exact) mass is 252 g/mol. The van der Waals surface area contributed by atoms with Gasteiger partial charge in [-0.05, 0) is 6.07 Å². The molecule has 0 bridgehead atoms. The number of para-hydroxylation sites is 1. The van der Waals surface area contributed by atoms with Crippen LogP contribution in [0.1, 0.15) is 11.7 Å². The molecule has 1 rings (SSSR count). The largest absolute Gasteiger partial charge is 0.479 e. The van der Waals surface area contributed by atoms with Gasteiger partial charge in [0.1, 0.15) is 0 Å². The molecule has 1 aromatic carbocycles. The third kappa shape index (κ3) is 2.80. The number of alkyl halides is 2. The Balaban J connectivity index is 3.17. The molecule has 4 nitrogen and oxygen atoms in total. The van der Waals surface area contributed by atoms with E-state index in [0.29, 0.717) is 0 Å². The Kier molecular flexibility index (Phi) is 4.03. The lowest BCUT2D eigenvalue weighted by Gasteiger charge is -2.14. The van der Waals surface area contributed by atoms with Crippen molar-refractivity contribution in [3.05, 3.63) is 28.8 Å². The first-order valence-corrected chi connectivity index (χ1v) is 4.45. The molecule has 1 aromatic rings. The zero-order valence-corrected chi connectivity index (χ0v) is 8.49. The van der Waals surface area contributed by atoms with E-state index in [1.165, 1.54) is 12.1 Å². The molecule has 0 aliphatic carbocycles. The zero-order chi connectivity index (χ0) is 12.3. The zero-order valence-electron chi connectivity index (χ0n) is 7.73. The average molecular weight is 253 g/mol. The molecule has 0 heterocycles. The number of hydrogen-bond donors (Lipinski definition) is 2. The van der Waals surface area contributed by atoms with Crippen molar-refractivity contribution >= 4 is 17.6 Å². The first-order chi connectivity index (χ1) is 7.43. The van der Waals surface area contributed by atoms with Gasteiger partial charge in [-0.1, -0.05) is 23.7 Å². The van der Waals surface area contributed by atoms with Crippen LogP contribution < -0.4 is 4.74 Å². The van der Waals surface area contributed by atoms with Gasteiger partial charge in [-0.15, -0.1) is 0 Å². The lowest BCUT2D eigenvalue weighted by molar-refractivity contribution is -0.147. The molecule has 88 valence electrons. The molecule has 0 saturated heterocycles.